The number of sulfonamides is 1. The minimum Gasteiger partial charge on any atom is -0.208 e. The van der Waals surface area contributed by atoms with Gasteiger partial charge in [-0.25, -0.2) is 21.9 Å². The van der Waals surface area contributed by atoms with Crippen LogP contribution in [0, 0.1) is 11.6 Å². The summed E-state index contributed by atoms with van der Waals surface area (Å²) >= 11 is 2.85. The largest absolute Gasteiger partial charge is 0.244 e. The van der Waals surface area contributed by atoms with E-state index in [9.17, 15) is 17.2 Å². The van der Waals surface area contributed by atoms with Crippen molar-refractivity contribution in [3.05, 3.63) is 28.2 Å². The first-order chi connectivity index (χ1) is 7.77. The van der Waals surface area contributed by atoms with Gasteiger partial charge in [0.05, 0.1) is 0 Å². The molecular weight excluding hydrogens is 316 g/mol. The van der Waals surface area contributed by atoms with E-state index in [0.717, 1.165) is 6.07 Å². The highest BCUT2D eigenvalue weighted by Crippen LogP contribution is 2.26. The summed E-state index contributed by atoms with van der Waals surface area (Å²) in [7, 11) is -3.99. The molecule has 0 radical (unpaired) electrons. The molecule has 0 bridgehead atoms. The van der Waals surface area contributed by atoms with Crippen LogP contribution in [-0.2, 0) is 10.0 Å². The lowest BCUT2D eigenvalue weighted by Crippen LogP contribution is -2.32. The van der Waals surface area contributed by atoms with E-state index < -0.39 is 26.6 Å². The van der Waals surface area contributed by atoms with Crippen molar-refractivity contribution in [3.8, 4) is 0 Å². The van der Waals surface area contributed by atoms with Crippen LogP contribution in [0.3, 0.4) is 0 Å². The molecule has 1 rings (SSSR count). The maximum Gasteiger partial charge on any atom is 0.244 e. The van der Waals surface area contributed by atoms with Gasteiger partial charge in [-0.2, -0.15) is 0 Å². The van der Waals surface area contributed by atoms with Crippen molar-refractivity contribution in [2.45, 2.75) is 31.2 Å². The fraction of sp³-hybridized carbons (Fsp3) is 0.400. The highest BCUT2D eigenvalue weighted by molar-refractivity contribution is 9.10. The van der Waals surface area contributed by atoms with Gasteiger partial charge in [-0.1, -0.05) is 6.92 Å². The first kappa shape index (κ1) is 14.5. The molecule has 0 spiro atoms. The zero-order chi connectivity index (χ0) is 13.2. The number of rotatable bonds is 4. The molecule has 0 aliphatic rings. The Balaban J connectivity index is 3.25. The molecule has 0 aliphatic carbocycles. The van der Waals surface area contributed by atoms with Crippen molar-refractivity contribution in [3.63, 3.8) is 0 Å². The predicted molar refractivity (Wildman–Crippen MR) is 64.1 cm³/mol. The van der Waals surface area contributed by atoms with Crippen molar-refractivity contribution < 1.29 is 17.2 Å². The Morgan fingerprint density at radius 3 is 2.47 bits per heavy atom. The molecule has 0 saturated carbocycles. The van der Waals surface area contributed by atoms with Gasteiger partial charge >= 0.3 is 0 Å². The van der Waals surface area contributed by atoms with Crippen molar-refractivity contribution in [2.75, 3.05) is 0 Å². The van der Waals surface area contributed by atoms with Crippen molar-refractivity contribution in [1.29, 1.82) is 0 Å². The second-order valence-electron chi connectivity index (χ2n) is 3.63. The molecule has 1 aromatic carbocycles. The lowest BCUT2D eigenvalue weighted by atomic mass is 10.3. The van der Waals surface area contributed by atoms with Crippen LogP contribution < -0.4 is 4.72 Å². The fourth-order valence-electron chi connectivity index (χ4n) is 1.19. The average molecular weight is 328 g/mol. The van der Waals surface area contributed by atoms with E-state index in [1.54, 1.807) is 13.8 Å². The van der Waals surface area contributed by atoms with Crippen molar-refractivity contribution in [2.24, 2.45) is 0 Å². The summed E-state index contributed by atoms with van der Waals surface area (Å²) in [5, 5.41) is 0. The van der Waals surface area contributed by atoms with Crippen LogP contribution in [0.2, 0.25) is 0 Å². The number of hydrogen-bond acceptors (Lipinski definition) is 2. The SMILES string of the molecule is CCC(C)NS(=O)(=O)c1c(F)cc(F)cc1Br. The molecule has 0 aliphatic heterocycles. The topological polar surface area (TPSA) is 46.2 Å². The highest BCUT2D eigenvalue weighted by atomic mass is 79.9. The molecule has 3 nitrogen and oxygen atoms in total. The number of hydrogen-bond donors (Lipinski definition) is 1. The van der Waals surface area contributed by atoms with Crippen LogP contribution in [0.5, 0.6) is 0 Å². The summed E-state index contributed by atoms with van der Waals surface area (Å²) in [6, 6.07) is 1.13. The third kappa shape index (κ3) is 3.46. The Labute approximate surface area is 107 Å². The lowest BCUT2D eigenvalue weighted by Gasteiger charge is -2.13. The second-order valence-corrected chi connectivity index (χ2v) is 6.13. The summed E-state index contributed by atoms with van der Waals surface area (Å²) in [5.74, 6) is -1.95. The molecule has 1 aromatic rings. The fourth-order valence-corrected chi connectivity index (χ4v) is 3.69. The second kappa shape index (κ2) is 5.41. The van der Waals surface area contributed by atoms with Crippen LogP contribution in [0.4, 0.5) is 8.78 Å². The Morgan fingerprint density at radius 1 is 1.41 bits per heavy atom. The zero-order valence-corrected chi connectivity index (χ0v) is 11.7. The van der Waals surface area contributed by atoms with Gasteiger partial charge in [-0.05, 0) is 35.3 Å². The van der Waals surface area contributed by atoms with Crippen molar-refractivity contribution >= 4 is 26.0 Å². The summed E-state index contributed by atoms with van der Waals surface area (Å²) in [4.78, 5) is -0.570. The van der Waals surface area contributed by atoms with Crippen LogP contribution in [0.1, 0.15) is 20.3 Å². The van der Waals surface area contributed by atoms with E-state index in [2.05, 4.69) is 20.7 Å². The van der Waals surface area contributed by atoms with E-state index in [4.69, 9.17) is 0 Å². The Hall–Kier alpha value is -0.530. The van der Waals surface area contributed by atoms with E-state index in [1.807, 2.05) is 0 Å². The van der Waals surface area contributed by atoms with Gasteiger partial charge in [0.15, 0.2) is 0 Å². The molecule has 0 saturated heterocycles. The van der Waals surface area contributed by atoms with E-state index >= 15 is 0 Å². The normalized spacial score (nSPS) is 13.7. The first-order valence-electron chi connectivity index (χ1n) is 4.94. The van der Waals surface area contributed by atoms with Crippen LogP contribution >= 0.6 is 15.9 Å². The summed E-state index contributed by atoms with van der Waals surface area (Å²) in [5.41, 5.74) is 0. The third-order valence-corrected chi connectivity index (χ3v) is 4.75. The van der Waals surface area contributed by atoms with Gasteiger partial charge in [-0.15, -0.1) is 0 Å². The molecule has 7 heteroatoms. The molecule has 0 heterocycles. The van der Waals surface area contributed by atoms with Gasteiger partial charge in [0.25, 0.3) is 0 Å². The predicted octanol–water partition coefficient (Wildman–Crippen LogP) is 2.80. The maximum atomic E-state index is 13.5. The van der Waals surface area contributed by atoms with Gasteiger partial charge in [0, 0.05) is 16.6 Å². The maximum absolute atomic E-state index is 13.5. The minimum atomic E-state index is -3.99. The molecule has 1 atom stereocenters. The zero-order valence-electron chi connectivity index (χ0n) is 9.30. The van der Waals surface area contributed by atoms with E-state index in [1.165, 1.54) is 0 Å². The third-order valence-electron chi connectivity index (χ3n) is 2.20. The van der Waals surface area contributed by atoms with Gasteiger partial charge in [0.1, 0.15) is 16.5 Å². The van der Waals surface area contributed by atoms with Crippen LogP contribution in [0.25, 0.3) is 0 Å². The quantitative estimate of drug-likeness (QED) is 0.924. The Kier molecular flexibility index (Phi) is 4.62. The molecular formula is C10H12BrF2NO2S. The van der Waals surface area contributed by atoms with Crippen LogP contribution in [-0.4, -0.2) is 14.5 Å². The summed E-state index contributed by atoms with van der Waals surface area (Å²) in [6.07, 6.45) is 0.569. The average Bonchev–Trinajstić information content (AvgIpc) is 2.14. The number of nitrogens with one attached hydrogen (secondary N) is 1. The lowest BCUT2D eigenvalue weighted by molar-refractivity contribution is 0.529. The number of halogens is 3. The molecule has 1 N–H and O–H groups in total. The van der Waals surface area contributed by atoms with Gasteiger partial charge in [-0.3, -0.25) is 0 Å². The minimum absolute atomic E-state index is 0.134. The summed E-state index contributed by atoms with van der Waals surface area (Å²) < 4.78 is 52.2. The van der Waals surface area contributed by atoms with Gasteiger partial charge in [0.2, 0.25) is 10.0 Å². The first-order valence-corrected chi connectivity index (χ1v) is 7.22. The molecule has 17 heavy (non-hydrogen) atoms. The Bertz CT molecular complexity index is 496. The molecule has 1 unspecified atom stereocenters. The van der Waals surface area contributed by atoms with Gasteiger partial charge < -0.3 is 0 Å². The monoisotopic (exact) mass is 327 g/mol. The molecule has 0 fully saturated rings. The molecule has 0 amide bonds. The number of benzene rings is 1. The molecule has 96 valence electrons. The highest BCUT2D eigenvalue weighted by Gasteiger charge is 2.24. The summed E-state index contributed by atoms with van der Waals surface area (Å²) in [6.45, 7) is 3.45. The standard InChI is InChI=1S/C10H12BrF2NO2S/c1-3-6(2)14-17(15,16)10-8(11)4-7(12)5-9(10)13/h4-6,14H,3H2,1-2H3. The van der Waals surface area contributed by atoms with E-state index in [0.29, 0.717) is 12.5 Å². The smallest absolute Gasteiger partial charge is 0.208 e. The van der Waals surface area contributed by atoms with Crippen molar-refractivity contribution in [1.82, 2.24) is 4.72 Å². The van der Waals surface area contributed by atoms with E-state index in [-0.39, 0.29) is 10.5 Å². The molecule has 0 aromatic heterocycles. The Morgan fingerprint density at radius 2 is 2.00 bits per heavy atom. The van der Waals surface area contributed by atoms with Crippen LogP contribution in [0.15, 0.2) is 21.5 Å².